The van der Waals surface area contributed by atoms with Gasteiger partial charge in [0.1, 0.15) is 10.4 Å². The van der Waals surface area contributed by atoms with Crippen molar-refractivity contribution in [1.82, 2.24) is 25.8 Å². The lowest BCUT2D eigenvalue weighted by Crippen LogP contribution is -2.37. The van der Waals surface area contributed by atoms with Crippen LogP contribution in [0.1, 0.15) is 0 Å². The van der Waals surface area contributed by atoms with E-state index in [-0.39, 0.29) is 0 Å². The minimum absolute atomic E-state index is 0.642. The van der Waals surface area contributed by atoms with E-state index in [0.717, 1.165) is 4.47 Å². The van der Waals surface area contributed by atoms with Crippen LogP contribution in [0.25, 0.3) is 5.82 Å². The molecule has 2 heterocycles. The molecule has 0 saturated heterocycles. The van der Waals surface area contributed by atoms with Gasteiger partial charge in [-0.2, -0.15) is 0 Å². The molecular formula is C5H4BrN6+. The Labute approximate surface area is 75.7 Å². The number of pyridine rings is 1. The summed E-state index contributed by atoms with van der Waals surface area (Å²) in [7, 11) is 0. The quantitative estimate of drug-likeness (QED) is 0.676. The fraction of sp³-hybridized carbons (Fsp3) is 0. The second-order valence-electron chi connectivity index (χ2n) is 2.03. The molecule has 0 aromatic carbocycles. The molecule has 0 saturated carbocycles. The summed E-state index contributed by atoms with van der Waals surface area (Å²) in [4.78, 5) is 5.43. The Morgan fingerprint density at radius 1 is 1.42 bits per heavy atom. The van der Waals surface area contributed by atoms with Crippen LogP contribution in [0, 0.1) is 0 Å². The Bertz CT molecular complexity index is 354. The van der Waals surface area contributed by atoms with Crippen LogP contribution in [0.2, 0.25) is 0 Å². The number of H-pyrrole nitrogens is 1. The Morgan fingerprint density at radius 3 is 2.92 bits per heavy atom. The van der Waals surface area contributed by atoms with Gasteiger partial charge in [0, 0.05) is 10.5 Å². The van der Waals surface area contributed by atoms with Crippen molar-refractivity contribution in [3.8, 4) is 5.82 Å². The van der Waals surface area contributed by atoms with Crippen molar-refractivity contribution in [2.75, 3.05) is 0 Å². The highest BCUT2D eigenvalue weighted by Gasteiger charge is 2.05. The fourth-order valence-electron chi connectivity index (χ4n) is 0.733. The molecule has 0 fully saturated rings. The minimum Gasteiger partial charge on any atom is -0.138 e. The molecule has 0 radical (unpaired) electrons. The average Bonchev–Trinajstić information content (AvgIpc) is 2.58. The second-order valence-corrected chi connectivity index (χ2v) is 2.94. The van der Waals surface area contributed by atoms with Crippen molar-refractivity contribution in [2.24, 2.45) is 0 Å². The molecule has 2 rings (SSSR count). The van der Waals surface area contributed by atoms with Gasteiger partial charge < -0.3 is 0 Å². The molecule has 0 amide bonds. The first-order valence-electron chi connectivity index (χ1n) is 3.14. The van der Waals surface area contributed by atoms with E-state index < -0.39 is 0 Å². The van der Waals surface area contributed by atoms with Gasteiger partial charge in [-0.1, -0.05) is 5.21 Å². The molecule has 0 aliphatic heterocycles. The van der Waals surface area contributed by atoms with Gasteiger partial charge in [0.2, 0.25) is 0 Å². The fourth-order valence-corrected chi connectivity index (χ4v) is 0.967. The van der Waals surface area contributed by atoms with Gasteiger partial charge in [0.15, 0.2) is 5.21 Å². The highest BCUT2D eigenvalue weighted by atomic mass is 79.9. The summed E-state index contributed by atoms with van der Waals surface area (Å²) in [5, 5.41) is 13.0. The molecule has 7 heteroatoms. The molecule has 0 atom stereocenters. The van der Waals surface area contributed by atoms with Crippen LogP contribution in [0.4, 0.5) is 0 Å². The minimum atomic E-state index is 0.642. The summed E-state index contributed by atoms with van der Waals surface area (Å²) >= 11 is 3.28. The van der Waals surface area contributed by atoms with Crippen molar-refractivity contribution in [3.63, 3.8) is 0 Å². The maximum Gasteiger partial charge on any atom is 0.275 e. The Morgan fingerprint density at radius 2 is 2.33 bits per heavy atom. The van der Waals surface area contributed by atoms with Crippen LogP contribution in [0.15, 0.2) is 22.8 Å². The van der Waals surface area contributed by atoms with Crippen LogP contribution < -0.4 is 4.80 Å². The second kappa shape index (κ2) is 2.94. The van der Waals surface area contributed by atoms with E-state index in [1.165, 1.54) is 4.80 Å². The Kier molecular flexibility index (Phi) is 1.78. The number of aromatic amines is 1. The third-order valence-corrected chi connectivity index (χ3v) is 1.71. The van der Waals surface area contributed by atoms with Gasteiger partial charge in [0.05, 0.1) is 6.20 Å². The first kappa shape index (κ1) is 7.29. The first-order chi connectivity index (χ1) is 5.86. The first-order valence-corrected chi connectivity index (χ1v) is 3.93. The van der Waals surface area contributed by atoms with Crippen LogP contribution in [0.5, 0.6) is 0 Å². The summed E-state index contributed by atoms with van der Waals surface area (Å²) in [5.41, 5.74) is 0. The predicted molar refractivity (Wildman–Crippen MR) is 41.2 cm³/mol. The molecule has 1 N–H and O–H groups in total. The molecule has 0 unspecified atom stereocenters. The molecule has 0 aliphatic carbocycles. The topological polar surface area (TPSA) is 71.2 Å². The van der Waals surface area contributed by atoms with Gasteiger partial charge in [-0.3, -0.25) is 0 Å². The summed E-state index contributed by atoms with van der Waals surface area (Å²) < 4.78 is 0.916. The van der Waals surface area contributed by atoms with Gasteiger partial charge in [-0.05, 0) is 26.8 Å². The molecule has 12 heavy (non-hydrogen) atoms. The van der Waals surface area contributed by atoms with Crippen molar-refractivity contribution >= 4 is 15.9 Å². The molecule has 6 nitrogen and oxygen atoms in total. The average molecular weight is 228 g/mol. The van der Waals surface area contributed by atoms with Crippen molar-refractivity contribution in [1.29, 1.82) is 0 Å². The standard InChI is InChI=1S/C5H3BrN6/c6-4-1-2-5(7-3-4)12-10-8-9-11-12/h1-3H/p+1. The maximum absolute atomic E-state index is 4.06. The molecule has 2 aromatic rings. The highest BCUT2D eigenvalue weighted by Crippen LogP contribution is 2.06. The number of aromatic nitrogens is 6. The Hall–Kier alpha value is -1.37. The number of hydrogen-bond acceptors (Lipinski definition) is 4. The lowest BCUT2D eigenvalue weighted by Gasteiger charge is -1.88. The summed E-state index contributed by atoms with van der Waals surface area (Å²) in [5.74, 6) is 0.642. The van der Waals surface area contributed by atoms with E-state index in [2.05, 4.69) is 41.8 Å². The van der Waals surface area contributed by atoms with Crippen molar-refractivity contribution in [2.45, 2.75) is 0 Å². The van der Waals surface area contributed by atoms with E-state index in [9.17, 15) is 0 Å². The summed E-state index contributed by atoms with van der Waals surface area (Å²) in [6, 6.07) is 3.65. The molecule has 0 spiro atoms. The molecule has 2 aromatic heterocycles. The molecular weight excluding hydrogens is 224 g/mol. The maximum atomic E-state index is 4.06. The molecule has 0 bridgehead atoms. The SMILES string of the molecule is Brc1ccc(-[n+]2nnn[nH]2)nc1. The molecule has 60 valence electrons. The van der Waals surface area contributed by atoms with Crippen LogP contribution in [-0.2, 0) is 0 Å². The number of rotatable bonds is 1. The summed E-state index contributed by atoms with van der Waals surface area (Å²) in [6.45, 7) is 0. The zero-order chi connectivity index (χ0) is 8.39. The van der Waals surface area contributed by atoms with E-state index >= 15 is 0 Å². The van der Waals surface area contributed by atoms with E-state index in [0.29, 0.717) is 5.82 Å². The Balaban J connectivity index is 2.43. The predicted octanol–water partition coefficient (Wildman–Crippen LogP) is -0.366. The normalized spacial score (nSPS) is 10.1. The zero-order valence-electron chi connectivity index (χ0n) is 5.85. The third kappa shape index (κ3) is 1.30. The largest absolute Gasteiger partial charge is 0.275 e. The highest BCUT2D eigenvalue weighted by molar-refractivity contribution is 9.10. The van der Waals surface area contributed by atoms with Gasteiger partial charge in [-0.15, -0.1) is 4.98 Å². The monoisotopic (exact) mass is 227 g/mol. The van der Waals surface area contributed by atoms with Crippen molar-refractivity contribution < 1.29 is 4.80 Å². The van der Waals surface area contributed by atoms with Gasteiger partial charge in [0.25, 0.3) is 5.82 Å². The molecule has 0 aliphatic rings. The lowest BCUT2D eigenvalue weighted by atomic mass is 10.5. The summed E-state index contributed by atoms with van der Waals surface area (Å²) in [6.07, 6.45) is 1.67. The zero-order valence-corrected chi connectivity index (χ0v) is 7.43. The number of halogens is 1. The van der Waals surface area contributed by atoms with Crippen LogP contribution in [0.3, 0.4) is 0 Å². The third-order valence-electron chi connectivity index (χ3n) is 1.24. The smallest absolute Gasteiger partial charge is 0.138 e. The number of hydrogen-bond donors (Lipinski definition) is 1. The van der Waals surface area contributed by atoms with Crippen LogP contribution >= 0.6 is 15.9 Å². The van der Waals surface area contributed by atoms with Gasteiger partial charge >= 0.3 is 0 Å². The van der Waals surface area contributed by atoms with E-state index in [1.807, 2.05) is 6.07 Å². The van der Waals surface area contributed by atoms with Gasteiger partial charge in [-0.25, -0.2) is 0 Å². The van der Waals surface area contributed by atoms with Crippen molar-refractivity contribution in [3.05, 3.63) is 22.8 Å². The lowest BCUT2D eigenvalue weighted by molar-refractivity contribution is -0.722. The number of nitrogens with zero attached hydrogens (tertiary/aromatic N) is 5. The van der Waals surface area contributed by atoms with E-state index in [4.69, 9.17) is 0 Å². The number of nitrogens with one attached hydrogen (secondary N) is 1. The van der Waals surface area contributed by atoms with Crippen LogP contribution in [-0.4, -0.2) is 25.8 Å². The van der Waals surface area contributed by atoms with E-state index in [1.54, 1.807) is 12.3 Å².